The first-order valence-corrected chi connectivity index (χ1v) is 14.2. The van der Waals surface area contributed by atoms with E-state index in [1.165, 1.54) is 0 Å². The molecule has 3 atom stereocenters. The number of hydrogen-bond acceptors (Lipinski definition) is 6. The molecule has 2 aromatic rings. The van der Waals surface area contributed by atoms with Crippen molar-refractivity contribution in [3.8, 4) is 0 Å². The van der Waals surface area contributed by atoms with Gasteiger partial charge in [0.25, 0.3) is 5.56 Å². The third kappa shape index (κ3) is 8.08. The van der Waals surface area contributed by atoms with Gasteiger partial charge in [-0.1, -0.05) is 53.7 Å². The summed E-state index contributed by atoms with van der Waals surface area (Å²) in [4.78, 5) is 55.3. The summed E-state index contributed by atoms with van der Waals surface area (Å²) in [5.74, 6) is -0.560. The van der Waals surface area contributed by atoms with E-state index in [1.54, 1.807) is 18.0 Å². The van der Waals surface area contributed by atoms with E-state index >= 15 is 0 Å². The number of aromatic nitrogens is 1. The van der Waals surface area contributed by atoms with Gasteiger partial charge in [0.1, 0.15) is 12.1 Å². The van der Waals surface area contributed by atoms with Gasteiger partial charge in [-0.3, -0.25) is 9.59 Å². The Hall–Kier alpha value is -3.36. The Morgan fingerprint density at radius 1 is 1.12 bits per heavy atom. The Bertz CT molecular complexity index is 1260. The lowest BCUT2D eigenvalue weighted by Gasteiger charge is -2.35. The van der Waals surface area contributed by atoms with Crippen LogP contribution < -0.4 is 10.9 Å². The van der Waals surface area contributed by atoms with Crippen LogP contribution in [0.4, 0.5) is 4.79 Å². The quantitative estimate of drug-likeness (QED) is 0.406. The lowest BCUT2D eigenvalue weighted by molar-refractivity contribution is -0.154. The third-order valence-corrected chi connectivity index (χ3v) is 7.48. The van der Waals surface area contributed by atoms with Gasteiger partial charge in [0.15, 0.2) is 0 Å². The number of ether oxygens (including phenoxy) is 2. The van der Waals surface area contributed by atoms with Gasteiger partial charge in [-0.05, 0) is 72.4 Å². The van der Waals surface area contributed by atoms with Gasteiger partial charge in [0.2, 0.25) is 5.91 Å². The molecule has 0 saturated carbocycles. The highest BCUT2D eigenvalue weighted by molar-refractivity contribution is 5.91. The maximum absolute atomic E-state index is 13.6. The Balaban J connectivity index is 1.56. The monoisotopic (exact) mass is 555 g/mol. The molecule has 2 N–H and O–H groups in total. The number of fused-ring (bicyclic) bond motifs is 1. The largest absolute Gasteiger partial charge is 0.464 e. The van der Waals surface area contributed by atoms with E-state index in [1.807, 2.05) is 65.8 Å². The number of likely N-dealkylation sites (tertiary alicyclic amines) is 1. The molecule has 220 valence electrons. The molecule has 1 saturated heterocycles. The maximum Gasteiger partial charge on any atom is 0.407 e. The Labute approximate surface area is 237 Å². The van der Waals surface area contributed by atoms with E-state index in [2.05, 4.69) is 10.3 Å². The molecule has 2 heterocycles. The zero-order chi connectivity index (χ0) is 29.7. The summed E-state index contributed by atoms with van der Waals surface area (Å²) in [7, 11) is 0. The van der Waals surface area contributed by atoms with E-state index in [4.69, 9.17) is 9.47 Å². The van der Waals surface area contributed by atoms with Crippen molar-refractivity contribution in [2.24, 2.45) is 16.7 Å². The number of nitrogens with one attached hydrogen (secondary N) is 2. The highest BCUT2D eigenvalue weighted by atomic mass is 16.5. The summed E-state index contributed by atoms with van der Waals surface area (Å²) in [5, 5.41) is 4.37. The predicted molar refractivity (Wildman–Crippen MR) is 155 cm³/mol. The molecule has 1 aliphatic rings. The Morgan fingerprint density at radius 2 is 1.85 bits per heavy atom. The summed E-state index contributed by atoms with van der Waals surface area (Å²) in [5.41, 5.74) is 0.106. The summed E-state index contributed by atoms with van der Waals surface area (Å²) in [6.45, 7) is 14.3. The molecule has 0 spiro atoms. The molecule has 2 amide bonds. The van der Waals surface area contributed by atoms with Crippen molar-refractivity contribution >= 4 is 28.7 Å². The van der Waals surface area contributed by atoms with Crippen molar-refractivity contribution in [2.45, 2.75) is 86.2 Å². The molecule has 0 unspecified atom stereocenters. The van der Waals surface area contributed by atoms with Crippen molar-refractivity contribution in [2.75, 3.05) is 19.8 Å². The fourth-order valence-corrected chi connectivity index (χ4v) is 5.22. The normalized spacial score (nSPS) is 18.4. The van der Waals surface area contributed by atoms with Crippen molar-refractivity contribution in [1.82, 2.24) is 15.2 Å². The number of aromatic amines is 1. The van der Waals surface area contributed by atoms with Gasteiger partial charge in [-0.15, -0.1) is 0 Å². The summed E-state index contributed by atoms with van der Waals surface area (Å²) in [6, 6.07) is 6.31. The van der Waals surface area contributed by atoms with Crippen molar-refractivity contribution < 1.29 is 23.9 Å². The van der Waals surface area contributed by atoms with Gasteiger partial charge in [-0.25, -0.2) is 9.59 Å². The van der Waals surface area contributed by atoms with Crippen molar-refractivity contribution in [3.05, 3.63) is 46.4 Å². The average Bonchev–Trinajstić information content (AvgIpc) is 3.27. The lowest BCUT2D eigenvalue weighted by atomic mass is 9.85. The minimum atomic E-state index is -0.860. The van der Waals surface area contributed by atoms with Gasteiger partial charge >= 0.3 is 12.1 Å². The van der Waals surface area contributed by atoms with E-state index in [-0.39, 0.29) is 36.0 Å². The number of hydrogen-bond donors (Lipinski definition) is 2. The topological polar surface area (TPSA) is 118 Å². The van der Waals surface area contributed by atoms with Gasteiger partial charge in [0.05, 0.1) is 13.2 Å². The molecule has 1 aromatic carbocycles. The summed E-state index contributed by atoms with van der Waals surface area (Å²) < 4.78 is 10.8. The molecule has 1 aromatic heterocycles. The molecule has 9 nitrogen and oxygen atoms in total. The molecule has 1 aliphatic heterocycles. The van der Waals surface area contributed by atoms with E-state index in [0.717, 1.165) is 30.2 Å². The molecule has 0 bridgehead atoms. The number of alkyl carbamates (subject to hydrolysis) is 1. The second-order valence-corrected chi connectivity index (χ2v) is 12.9. The fourth-order valence-electron chi connectivity index (χ4n) is 5.22. The number of carbonyl (C=O) groups is 3. The molecular weight excluding hydrogens is 510 g/mol. The minimum absolute atomic E-state index is 0.0956. The van der Waals surface area contributed by atoms with Crippen LogP contribution in [0.5, 0.6) is 0 Å². The van der Waals surface area contributed by atoms with Crippen LogP contribution >= 0.6 is 0 Å². The van der Waals surface area contributed by atoms with Crippen molar-refractivity contribution in [3.63, 3.8) is 0 Å². The van der Waals surface area contributed by atoms with Crippen LogP contribution in [0.3, 0.4) is 0 Å². The summed E-state index contributed by atoms with van der Waals surface area (Å²) in [6.07, 6.45) is 3.99. The van der Waals surface area contributed by atoms with Gasteiger partial charge in [0, 0.05) is 18.1 Å². The zero-order valence-corrected chi connectivity index (χ0v) is 25.0. The number of aryl methyl sites for hydroxylation is 1. The number of benzene rings is 1. The summed E-state index contributed by atoms with van der Waals surface area (Å²) >= 11 is 0. The molecule has 3 rings (SSSR count). The van der Waals surface area contributed by atoms with Crippen LogP contribution in [-0.4, -0.2) is 59.7 Å². The molecule has 0 radical (unpaired) electrons. The van der Waals surface area contributed by atoms with Crippen LogP contribution in [0.25, 0.3) is 10.8 Å². The maximum atomic E-state index is 13.6. The Kier molecular flexibility index (Phi) is 10.0. The molecule has 40 heavy (non-hydrogen) atoms. The predicted octanol–water partition coefficient (Wildman–Crippen LogP) is 4.82. The molecule has 9 heteroatoms. The first-order valence-electron chi connectivity index (χ1n) is 14.2. The highest BCUT2D eigenvalue weighted by Gasteiger charge is 2.44. The minimum Gasteiger partial charge on any atom is -0.464 e. The molecule has 0 aliphatic carbocycles. The second kappa shape index (κ2) is 12.9. The van der Waals surface area contributed by atoms with E-state index < -0.39 is 29.6 Å². The number of nitrogens with zero attached hydrogens (tertiary/aromatic N) is 1. The number of H-pyrrole nitrogens is 1. The Morgan fingerprint density at radius 3 is 2.52 bits per heavy atom. The van der Waals surface area contributed by atoms with Crippen LogP contribution in [0.1, 0.15) is 73.3 Å². The highest BCUT2D eigenvalue weighted by Crippen LogP contribution is 2.29. The fraction of sp³-hybridized carbons (Fsp3) is 0.613. The first-order chi connectivity index (χ1) is 18.7. The number of esters is 1. The van der Waals surface area contributed by atoms with E-state index in [0.29, 0.717) is 18.4 Å². The number of amides is 2. The van der Waals surface area contributed by atoms with Gasteiger partial charge < -0.3 is 24.7 Å². The number of pyridine rings is 1. The van der Waals surface area contributed by atoms with Crippen LogP contribution in [-0.2, 0) is 25.5 Å². The third-order valence-electron chi connectivity index (χ3n) is 7.48. The van der Waals surface area contributed by atoms with Crippen LogP contribution in [0, 0.1) is 16.7 Å². The SMILES string of the molecule is CCOC(=O)[C@@H]1C[C@@H](C)CN1C(=O)[C@@H](NC(=O)OCC(C)(C)CCCc1ccc2cc[nH]c(=O)c2c1)C(C)(C)C. The number of rotatable bonds is 10. The lowest BCUT2D eigenvalue weighted by Crippen LogP contribution is -2.57. The average molecular weight is 556 g/mol. The molecule has 1 fully saturated rings. The number of carbonyl (C=O) groups excluding carboxylic acids is 3. The van der Waals surface area contributed by atoms with Crippen LogP contribution in [0.2, 0.25) is 0 Å². The first kappa shape index (κ1) is 31.2. The van der Waals surface area contributed by atoms with Crippen LogP contribution in [0.15, 0.2) is 35.3 Å². The molecular formula is C31H45N3O6. The van der Waals surface area contributed by atoms with Gasteiger partial charge in [-0.2, -0.15) is 0 Å². The van der Waals surface area contributed by atoms with Crippen molar-refractivity contribution in [1.29, 1.82) is 0 Å². The zero-order valence-electron chi connectivity index (χ0n) is 25.0. The smallest absolute Gasteiger partial charge is 0.407 e. The second-order valence-electron chi connectivity index (χ2n) is 12.9. The standard InChI is InChI=1S/C31H45N3O6/c1-8-39-28(37)24-16-20(2)18-34(24)27(36)25(30(3,4)5)33-29(38)40-19-31(6,7)14-9-10-21-11-12-22-13-15-32-26(35)23(22)17-21/h11-13,15,17,20,24-25H,8-10,14,16,18-19H2,1-7H3,(H,32,35)(H,33,38)/t20-,24+,25-/m1/s1. The van der Waals surface area contributed by atoms with E-state index in [9.17, 15) is 19.2 Å².